The molecule has 6 nitrogen and oxygen atoms in total. The summed E-state index contributed by atoms with van der Waals surface area (Å²) >= 11 is 0. The summed E-state index contributed by atoms with van der Waals surface area (Å²) in [6.45, 7) is 9.16. The minimum absolute atomic E-state index is 0.398. The van der Waals surface area contributed by atoms with E-state index in [0.717, 1.165) is 99.8 Å². The predicted octanol–water partition coefficient (Wildman–Crippen LogP) is 16.3. The molecule has 66 heavy (non-hydrogen) atoms. The second-order valence-corrected chi connectivity index (χ2v) is 18.2. The van der Waals surface area contributed by atoms with Crippen LogP contribution in [0.1, 0.15) is 50.7 Å². The molecule has 0 fully saturated rings. The van der Waals surface area contributed by atoms with Crippen LogP contribution in [0.5, 0.6) is 0 Å². The number of para-hydroxylation sites is 4. The Morgan fingerprint density at radius 1 is 0.485 bits per heavy atom. The van der Waals surface area contributed by atoms with Crippen molar-refractivity contribution in [2.45, 2.75) is 39.5 Å². The molecule has 0 saturated heterocycles. The predicted molar refractivity (Wildman–Crippen MR) is 274 cm³/mol. The highest BCUT2D eigenvalue weighted by atomic mass is 16.3. The fourth-order valence-corrected chi connectivity index (χ4v) is 10.6. The maximum Gasteiger partial charge on any atom is 0.147 e. The monoisotopic (exact) mass is 851 g/mol. The van der Waals surface area contributed by atoms with E-state index in [9.17, 15) is 0 Å². The fourth-order valence-electron chi connectivity index (χ4n) is 10.6. The highest BCUT2D eigenvalue weighted by molar-refractivity contribution is 6.18. The van der Waals surface area contributed by atoms with Crippen LogP contribution in [0.15, 0.2) is 187 Å². The minimum Gasteiger partial charge on any atom is -0.456 e. The lowest BCUT2D eigenvalue weighted by Gasteiger charge is -2.20. The number of hydrogen-bond donors (Lipinski definition) is 1. The number of furan rings is 1. The number of H-pyrrole nitrogens is 1. The van der Waals surface area contributed by atoms with Gasteiger partial charge in [0.15, 0.2) is 0 Å². The Morgan fingerprint density at radius 3 is 1.98 bits per heavy atom. The summed E-state index contributed by atoms with van der Waals surface area (Å²) in [5, 5.41) is 6.89. The molecule has 13 aromatic rings. The number of imidazole rings is 1. The van der Waals surface area contributed by atoms with Gasteiger partial charge in [0.2, 0.25) is 0 Å². The summed E-state index contributed by atoms with van der Waals surface area (Å²) in [6, 6.07) is 63.3. The van der Waals surface area contributed by atoms with Crippen LogP contribution in [0, 0.1) is 0 Å². The van der Waals surface area contributed by atoms with Crippen LogP contribution in [0.3, 0.4) is 0 Å². The molecule has 6 heteroatoms. The zero-order valence-corrected chi connectivity index (χ0v) is 37.2. The third kappa shape index (κ3) is 5.74. The van der Waals surface area contributed by atoms with Gasteiger partial charge in [-0.05, 0) is 100 Å². The van der Waals surface area contributed by atoms with E-state index in [1.54, 1.807) is 0 Å². The Labute approximate surface area is 381 Å². The maximum atomic E-state index is 6.43. The van der Waals surface area contributed by atoms with Gasteiger partial charge in [0.05, 0.1) is 27.6 Å². The van der Waals surface area contributed by atoms with Crippen molar-refractivity contribution < 1.29 is 4.42 Å². The number of fused-ring (bicyclic) bond motifs is 10. The first-order valence-electron chi connectivity index (χ1n) is 23.0. The number of nitrogens with zero attached hydrogens (tertiary/aromatic N) is 4. The molecule has 8 aromatic carbocycles. The third-order valence-corrected chi connectivity index (χ3v) is 13.7. The first-order valence-corrected chi connectivity index (χ1v) is 23.0. The molecule has 1 N–H and O–H groups in total. The van der Waals surface area contributed by atoms with Crippen molar-refractivity contribution in [3.05, 3.63) is 193 Å². The van der Waals surface area contributed by atoms with Gasteiger partial charge in [0, 0.05) is 66.9 Å². The Bertz CT molecular complexity index is 4020. The first kappa shape index (κ1) is 38.3. The van der Waals surface area contributed by atoms with E-state index in [1.807, 2.05) is 30.5 Å². The van der Waals surface area contributed by atoms with Gasteiger partial charge in [0.1, 0.15) is 22.8 Å². The first-order chi connectivity index (χ1) is 32.4. The largest absolute Gasteiger partial charge is 0.456 e. The molecule has 0 aliphatic carbocycles. The molecule has 0 aliphatic heterocycles. The Kier molecular flexibility index (Phi) is 8.50. The minimum atomic E-state index is 0.398. The van der Waals surface area contributed by atoms with Crippen LogP contribution in [-0.4, -0.2) is 24.1 Å². The number of aromatic amines is 1. The lowest BCUT2D eigenvalue weighted by atomic mass is 9.85. The second-order valence-electron chi connectivity index (χ2n) is 18.2. The normalized spacial score (nSPS) is 12.2. The van der Waals surface area contributed by atoms with Crippen LogP contribution in [-0.2, 0) is 0 Å². The Morgan fingerprint density at radius 2 is 1.18 bits per heavy atom. The van der Waals surface area contributed by atoms with Gasteiger partial charge in [-0.3, -0.25) is 9.13 Å². The average molecular weight is 852 g/mol. The van der Waals surface area contributed by atoms with Gasteiger partial charge < -0.3 is 9.40 Å². The van der Waals surface area contributed by atoms with Gasteiger partial charge in [-0.15, -0.1) is 0 Å². The number of hydrogen-bond acceptors (Lipinski definition) is 3. The van der Waals surface area contributed by atoms with E-state index in [4.69, 9.17) is 14.4 Å². The van der Waals surface area contributed by atoms with Crippen LogP contribution < -0.4 is 0 Å². The van der Waals surface area contributed by atoms with Gasteiger partial charge in [-0.2, -0.15) is 0 Å². The van der Waals surface area contributed by atoms with Gasteiger partial charge in [-0.1, -0.05) is 137 Å². The molecular weight excluding hydrogens is 807 g/mol. The summed E-state index contributed by atoms with van der Waals surface area (Å²) in [5.74, 6) is 2.52. The van der Waals surface area contributed by atoms with Crippen molar-refractivity contribution >= 4 is 76.6 Å². The van der Waals surface area contributed by atoms with Gasteiger partial charge in [-0.25, -0.2) is 9.97 Å². The molecule has 316 valence electrons. The molecule has 0 unspecified atom stereocenters. The Hall–Kier alpha value is -8.22. The van der Waals surface area contributed by atoms with E-state index in [2.05, 4.69) is 193 Å². The molecule has 0 aliphatic rings. The topological polar surface area (TPSA) is 64.6 Å². The molecule has 0 saturated carbocycles. The number of aromatic nitrogens is 5. The summed E-state index contributed by atoms with van der Waals surface area (Å²) in [6.07, 6.45) is 1.86. The second kappa shape index (κ2) is 14.7. The van der Waals surface area contributed by atoms with E-state index in [-0.39, 0.29) is 0 Å². The molecule has 0 spiro atoms. The van der Waals surface area contributed by atoms with Crippen LogP contribution in [0.4, 0.5) is 0 Å². The quantitative estimate of drug-likeness (QED) is 0.174. The maximum absolute atomic E-state index is 6.43. The molecule has 0 radical (unpaired) electrons. The lowest BCUT2D eigenvalue weighted by molar-refractivity contribution is 0.669. The van der Waals surface area contributed by atoms with Crippen molar-refractivity contribution in [2.75, 3.05) is 0 Å². The van der Waals surface area contributed by atoms with Crippen LogP contribution in [0.25, 0.3) is 122 Å². The number of benzene rings is 8. The number of nitrogens with one attached hydrogen (secondary N) is 1. The van der Waals surface area contributed by atoms with Crippen LogP contribution in [0.2, 0.25) is 0 Å². The smallest absolute Gasteiger partial charge is 0.147 e. The lowest BCUT2D eigenvalue weighted by Crippen LogP contribution is -2.01. The van der Waals surface area contributed by atoms with Crippen molar-refractivity contribution in [2.24, 2.45) is 0 Å². The van der Waals surface area contributed by atoms with E-state index in [1.165, 1.54) is 33.0 Å². The van der Waals surface area contributed by atoms with Gasteiger partial charge in [0.25, 0.3) is 0 Å². The number of pyridine rings is 1. The van der Waals surface area contributed by atoms with Crippen molar-refractivity contribution in [1.82, 2.24) is 24.1 Å². The summed E-state index contributed by atoms with van der Waals surface area (Å²) in [7, 11) is 0. The summed E-state index contributed by atoms with van der Waals surface area (Å²) in [4.78, 5) is 14.4. The molecule has 5 aromatic heterocycles. The fraction of sp³-hybridized carbons (Fsp3) is 0.100. The van der Waals surface area contributed by atoms with Gasteiger partial charge >= 0.3 is 0 Å². The summed E-state index contributed by atoms with van der Waals surface area (Å²) in [5.41, 5.74) is 17.5. The van der Waals surface area contributed by atoms with Crippen molar-refractivity contribution in [1.29, 1.82) is 0 Å². The molecule has 13 rings (SSSR count). The summed E-state index contributed by atoms with van der Waals surface area (Å²) < 4.78 is 11.1. The highest BCUT2D eigenvalue weighted by Crippen LogP contribution is 2.43. The number of rotatable bonds is 7. The van der Waals surface area contributed by atoms with Crippen LogP contribution >= 0.6 is 0 Å². The Balaban J connectivity index is 1.05. The standard InChI is InChI=1S/C60H45N5O/c1-35(2)40-16-11-17-41(36(3)4)57(40)37-25-28-39(29-26-37)64-51-22-13-18-42(59(51)63-60(64)47-20-12-19-46-43-14-5-7-21-50(43)62-58(46)47)38-27-30-44-48-33-49-45-15-6-8-23-54(45)66-55(49)34-53(48)65(52(44)32-38)56-24-9-10-31-61-56/h5-36,62H,1-4H3. The van der Waals surface area contributed by atoms with E-state index in [0.29, 0.717) is 11.8 Å². The molecular formula is C60H45N5O. The molecule has 0 atom stereocenters. The zero-order chi connectivity index (χ0) is 44.2. The molecule has 0 amide bonds. The van der Waals surface area contributed by atoms with Crippen molar-refractivity contribution in [3.63, 3.8) is 0 Å². The molecule has 0 bridgehead atoms. The zero-order valence-electron chi connectivity index (χ0n) is 37.2. The van der Waals surface area contributed by atoms with Crippen molar-refractivity contribution in [3.8, 4) is 45.1 Å². The molecule has 5 heterocycles. The van der Waals surface area contributed by atoms with E-state index < -0.39 is 0 Å². The average Bonchev–Trinajstić information content (AvgIpc) is 4.12. The van der Waals surface area contributed by atoms with E-state index >= 15 is 0 Å². The highest BCUT2D eigenvalue weighted by Gasteiger charge is 2.23. The third-order valence-electron chi connectivity index (χ3n) is 13.7. The SMILES string of the molecule is CC(C)c1cccc(C(C)C)c1-c1ccc(-n2c(-c3cccc4c3[nH]c3ccccc34)nc3c(-c4ccc5c6cc7c(cc6n(-c6ccccn6)c5c4)oc4ccccc47)cccc32)cc1.